The van der Waals surface area contributed by atoms with E-state index in [-0.39, 0.29) is 11.8 Å². The van der Waals surface area contributed by atoms with Crippen molar-refractivity contribution in [2.45, 2.75) is 12.7 Å². The minimum absolute atomic E-state index is 0.0442. The number of benzene rings is 1. The van der Waals surface area contributed by atoms with Crippen LogP contribution in [-0.2, 0) is 10.5 Å². The van der Waals surface area contributed by atoms with Crippen molar-refractivity contribution in [1.29, 1.82) is 0 Å². The van der Waals surface area contributed by atoms with Crippen LogP contribution in [0.5, 0.6) is 0 Å². The van der Waals surface area contributed by atoms with Gasteiger partial charge in [0.25, 0.3) is 0 Å². The predicted octanol–water partition coefficient (Wildman–Crippen LogP) is 2.58. The second-order valence-electron chi connectivity index (χ2n) is 3.53. The summed E-state index contributed by atoms with van der Waals surface area (Å²) in [6, 6.07) is 8.47. The first-order chi connectivity index (χ1) is 7.72. The molecule has 0 aliphatic heterocycles. The number of hydrogen-bond donors (Lipinski definition) is 1. The summed E-state index contributed by atoms with van der Waals surface area (Å²) in [4.78, 5) is 10.8. The topological polar surface area (TPSA) is 29.1 Å². The Bertz CT molecular complexity index is 344. The Hall–Kier alpha value is -0.670. The van der Waals surface area contributed by atoms with Gasteiger partial charge in [0.15, 0.2) is 0 Å². The Balaban J connectivity index is 2.14. The molecule has 0 heterocycles. The lowest BCUT2D eigenvalue weighted by Crippen LogP contribution is -2.26. The van der Waals surface area contributed by atoms with Gasteiger partial charge in [-0.2, -0.15) is 11.8 Å². The van der Waals surface area contributed by atoms with Gasteiger partial charge in [-0.05, 0) is 12.5 Å². The molecule has 0 saturated carbocycles. The SMILES string of the molecule is Cc1cccc(CSCCNC(=O)CCl)c1. The molecule has 0 radical (unpaired) electrons. The third kappa shape index (κ3) is 5.42. The molecule has 0 aromatic heterocycles. The standard InChI is InChI=1S/C12H16ClNOS/c1-10-3-2-4-11(7-10)9-16-6-5-14-12(15)8-13/h2-4,7H,5-6,8-9H2,1H3,(H,14,15). The van der Waals surface area contributed by atoms with Crippen molar-refractivity contribution in [1.82, 2.24) is 5.32 Å². The van der Waals surface area contributed by atoms with Gasteiger partial charge in [0, 0.05) is 18.1 Å². The van der Waals surface area contributed by atoms with Crippen LogP contribution in [0.1, 0.15) is 11.1 Å². The van der Waals surface area contributed by atoms with Gasteiger partial charge in [-0.15, -0.1) is 11.6 Å². The van der Waals surface area contributed by atoms with Crippen molar-refractivity contribution in [3.63, 3.8) is 0 Å². The highest BCUT2D eigenvalue weighted by Crippen LogP contribution is 2.12. The molecule has 1 rings (SSSR count). The van der Waals surface area contributed by atoms with Gasteiger partial charge in [-0.25, -0.2) is 0 Å². The molecule has 2 nitrogen and oxygen atoms in total. The van der Waals surface area contributed by atoms with Gasteiger partial charge in [0.2, 0.25) is 5.91 Å². The molecule has 0 spiro atoms. The number of carbonyl (C=O) groups is 1. The maximum Gasteiger partial charge on any atom is 0.234 e. The molecule has 4 heteroatoms. The summed E-state index contributed by atoms with van der Waals surface area (Å²) < 4.78 is 0. The fraction of sp³-hybridized carbons (Fsp3) is 0.417. The van der Waals surface area contributed by atoms with Crippen LogP contribution in [0.2, 0.25) is 0 Å². The summed E-state index contributed by atoms with van der Waals surface area (Å²) in [5.41, 5.74) is 2.61. The number of aryl methyl sites for hydroxylation is 1. The van der Waals surface area contributed by atoms with E-state index in [1.54, 1.807) is 0 Å². The van der Waals surface area contributed by atoms with Crippen LogP contribution in [0.3, 0.4) is 0 Å². The van der Waals surface area contributed by atoms with E-state index < -0.39 is 0 Å². The smallest absolute Gasteiger partial charge is 0.234 e. The number of alkyl halides is 1. The molecule has 0 bridgehead atoms. The number of carbonyl (C=O) groups excluding carboxylic acids is 1. The second-order valence-corrected chi connectivity index (χ2v) is 4.90. The van der Waals surface area contributed by atoms with Crippen LogP contribution >= 0.6 is 23.4 Å². The summed E-state index contributed by atoms with van der Waals surface area (Å²) in [5.74, 6) is 1.84. The fourth-order valence-corrected chi connectivity index (χ4v) is 2.20. The summed E-state index contributed by atoms with van der Waals surface area (Å²) in [7, 11) is 0. The van der Waals surface area contributed by atoms with Gasteiger partial charge >= 0.3 is 0 Å². The first-order valence-corrected chi connectivity index (χ1v) is 6.87. The highest BCUT2D eigenvalue weighted by molar-refractivity contribution is 7.98. The van der Waals surface area contributed by atoms with Crippen molar-refractivity contribution in [2.24, 2.45) is 0 Å². The molecule has 1 aromatic carbocycles. The molecular formula is C12H16ClNOS. The quantitative estimate of drug-likeness (QED) is 0.627. The number of rotatable bonds is 6. The molecule has 0 aliphatic rings. The maximum absolute atomic E-state index is 10.8. The second kappa shape index (κ2) is 7.58. The summed E-state index contributed by atoms with van der Waals surface area (Å²) >= 11 is 7.17. The van der Waals surface area contributed by atoms with Gasteiger partial charge in [-0.3, -0.25) is 4.79 Å². The molecule has 1 N–H and O–H groups in total. The first-order valence-electron chi connectivity index (χ1n) is 5.18. The zero-order valence-corrected chi connectivity index (χ0v) is 10.9. The van der Waals surface area contributed by atoms with E-state index >= 15 is 0 Å². The maximum atomic E-state index is 10.8. The molecule has 0 fully saturated rings. The van der Waals surface area contributed by atoms with E-state index in [1.807, 2.05) is 11.8 Å². The lowest BCUT2D eigenvalue weighted by Gasteiger charge is -2.04. The van der Waals surface area contributed by atoms with E-state index in [2.05, 4.69) is 36.5 Å². The zero-order valence-electron chi connectivity index (χ0n) is 9.33. The highest BCUT2D eigenvalue weighted by Gasteiger charge is 1.97. The number of thioether (sulfide) groups is 1. The van der Waals surface area contributed by atoms with Crippen molar-refractivity contribution in [3.8, 4) is 0 Å². The monoisotopic (exact) mass is 257 g/mol. The third-order valence-corrected chi connectivity index (χ3v) is 3.31. The largest absolute Gasteiger partial charge is 0.354 e. The number of hydrogen-bond acceptors (Lipinski definition) is 2. The summed E-state index contributed by atoms with van der Waals surface area (Å²) in [6.45, 7) is 2.77. The minimum atomic E-state index is -0.0992. The van der Waals surface area contributed by atoms with E-state index in [4.69, 9.17) is 11.6 Å². The van der Waals surface area contributed by atoms with E-state index in [1.165, 1.54) is 11.1 Å². The average Bonchev–Trinajstić information content (AvgIpc) is 2.28. The predicted molar refractivity (Wildman–Crippen MR) is 71.1 cm³/mol. The fourth-order valence-electron chi connectivity index (χ4n) is 1.30. The van der Waals surface area contributed by atoms with Crippen molar-refractivity contribution in [2.75, 3.05) is 18.2 Å². The summed E-state index contributed by atoms with van der Waals surface area (Å²) in [5, 5.41) is 2.74. The number of amides is 1. The van der Waals surface area contributed by atoms with Crippen LogP contribution in [0, 0.1) is 6.92 Å². The molecule has 0 unspecified atom stereocenters. The molecule has 1 amide bonds. The van der Waals surface area contributed by atoms with Crippen LogP contribution in [-0.4, -0.2) is 24.1 Å². The average molecular weight is 258 g/mol. The Morgan fingerprint density at radius 2 is 2.31 bits per heavy atom. The molecule has 0 atom stereocenters. The molecule has 0 aliphatic carbocycles. The molecule has 0 saturated heterocycles. The van der Waals surface area contributed by atoms with E-state index in [0.717, 1.165) is 11.5 Å². The van der Waals surface area contributed by atoms with E-state index in [0.29, 0.717) is 6.54 Å². The van der Waals surface area contributed by atoms with Crippen LogP contribution < -0.4 is 5.32 Å². The van der Waals surface area contributed by atoms with Crippen molar-refractivity contribution in [3.05, 3.63) is 35.4 Å². The summed E-state index contributed by atoms with van der Waals surface area (Å²) in [6.07, 6.45) is 0. The zero-order chi connectivity index (χ0) is 11.8. The Labute approximate surface area is 106 Å². The Morgan fingerprint density at radius 3 is 3.00 bits per heavy atom. The van der Waals surface area contributed by atoms with E-state index in [9.17, 15) is 4.79 Å². The van der Waals surface area contributed by atoms with Gasteiger partial charge in [0.1, 0.15) is 5.88 Å². The number of nitrogens with one attached hydrogen (secondary N) is 1. The highest BCUT2D eigenvalue weighted by atomic mass is 35.5. The molecular weight excluding hydrogens is 242 g/mol. The minimum Gasteiger partial charge on any atom is -0.354 e. The van der Waals surface area contributed by atoms with Gasteiger partial charge < -0.3 is 5.32 Å². The van der Waals surface area contributed by atoms with Crippen molar-refractivity contribution >= 4 is 29.3 Å². The first kappa shape index (κ1) is 13.4. The van der Waals surface area contributed by atoms with Crippen LogP contribution in [0.15, 0.2) is 24.3 Å². The lowest BCUT2D eigenvalue weighted by molar-refractivity contribution is -0.118. The number of halogens is 1. The Kier molecular flexibility index (Phi) is 6.34. The molecule has 88 valence electrons. The normalized spacial score (nSPS) is 10.1. The molecule has 1 aromatic rings. The van der Waals surface area contributed by atoms with Crippen LogP contribution in [0.25, 0.3) is 0 Å². The third-order valence-electron chi connectivity index (χ3n) is 2.04. The van der Waals surface area contributed by atoms with Gasteiger partial charge in [-0.1, -0.05) is 29.8 Å². The van der Waals surface area contributed by atoms with Crippen molar-refractivity contribution < 1.29 is 4.79 Å². The van der Waals surface area contributed by atoms with Gasteiger partial charge in [0.05, 0.1) is 0 Å². The molecule has 16 heavy (non-hydrogen) atoms. The lowest BCUT2D eigenvalue weighted by atomic mass is 10.2. The Morgan fingerprint density at radius 1 is 1.50 bits per heavy atom. The van der Waals surface area contributed by atoms with Crippen LogP contribution in [0.4, 0.5) is 0 Å².